The summed E-state index contributed by atoms with van der Waals surface area (Å²) >= 11 is 0. The molecule has 0 unspecified atom stereocenters. The first kappa shape index (κ1) is 21.4. The summed E-state index contributed by atoms with van der Waals surface area (Å²) in [7, 11) is 0. The van der Waals surface area contributed by atoms with E-state index in [1.807, 2.05) is 0 Å². The van der Waals surface area contributed by atoms with Gasteiger partial charge < -0.3 is 0 Å². The van der Waals surface area contributed by atoms with Crippen LogP contribution in [0.15, 0.2) is 91.0 Å². The number of allylic oxidation sites excluding steroid dienone is 5. The summed E-state index contributed by atoms with van der Waals surface area (Å²) in [5.41, 5.74) is 11.5. The fourth-order valence-corrected chi connectivity index (χ4v) is 6.42. The number of rotatable bonds is 3. The van der Waals surface area contributed by atoms with Crippen LogP contribution in [0.1, 0.15) is 59.9 Å². The molecule has 0 atom stereocenters. The Labute approximate surface area is 213 Å². The second kappa shape index (κ2) is 8.95. The van der Waals surface area contributed by atoms with Crippen LogP contribution in [0, 0.1) is 0 Å². The van der Waals surface area contributed by atoms with Crippen molar-refractivity contribution in [1.29, 1.82) is 0 Å². The average Bonchev–Trinajstić information content (AvgIpc) is 2.96. The van der Waals surface area contributed by atoms with Gasteiger partial charge in [-0.2, -0.15) is 0 Å². The first-order valence-electron chi connectivity index (χ1n) is 13.4. The number of hydrogen-bond acceptors (Lipinski definition) is 0. The molecule has 0 fully saturated rings. The Balaban J connectivity index is 1.46. The van der Waals surface area contributed by atoms with Crippen LogP contribution in [0.5, 0.6) is 0 Å². The lowest BCUT2D eigenvalue weighted by Crippen LogP contribution is -2.34. The molecule has 174 valence electrons. The number of hydrogen-bond donors (Lipinski definition) is 0. The number of aryl methyl sites for hydroxylation is 1. The van der Waals surface area contributed by atoms with Crippen molar-refractivity contribution in [2.45, 2.75) is 38.5 Å². The molecule has 4 aromatic carbocycles. The molecule has 0 heterocycles. The zero-order valence-corrected chi connectivity index (χ0v) is 20.6. The van der Waals surface area contributed by atoms with Gasteiger partial charge in [0.25, 0.3) is 0 Å². The SMILES string of the molecule is C1=C(c2ccccc2)CCC(c2c3c(c(C4=Cc5ccccc5CC4)c4ccccc24)=CCCC=3)=C1. The van der Waals surface area contributed by atoms with Gasteiger partial charge >= 0.3 is 0 Å². The molecule has 3 aliphatic rings. The van der Waals surface area contributed by atoms with Crippen LogP contribution in [0.3, 0.4) is 0 Å². The van der Waals surface area contributed by atoms with Crippen LogP contribution in [0.4, 0.5) is 0 Å². The number of benzene rings is 4. The first-order valence-corrected chi connectivity index (χ1v) is 13.4. The lowest BCUT2D eigenvalue weighted by Gasteiger charge is -2.24. The van der Waals surface area contributed by atoms with Crippen molar-refractivity contribution >= 4 is 45.7 Å². The molecule has 0 aromatic heterocycles. The summed E-state index contributed by atoms with van der Waals surface area (Å²) in [4.78, 5) is 0. The Morgan fingerprint density at radius 3 is 1.78 bits per heavy atom. The van der Waals surface area contributed by atoms with Crippen LogP contribution in [0.2, 0.25) is 0 Å². The van der Waals surface area contributed by atoms with Gasteiger partial charge in [-0.1, -0.05) is 109 Å². The smallest absolute Gasteiger partial charge is 0.00698 e. The third-order valence-corrected chi connectivity index (χ3v) is 8.14. The molecule has 7 rings (SSSR count). The summed E-state index contributed by atoms with van der Waals surface area (Å²) < 4.78 is 0. The lowest BCUT2D eigenvalue weighted by molar-refractivity contribution is 0.999. The molecule has 0 aliphatic heterocycles. The van der Waals surface area contributed by atoms with Crippen LogP contribution in [0.25, 0.3) is 45.7 Å². The van der Waals surface area contributed by atoms with Gasteiger partial charge in [-0.3, -0.25) is 0 Å². The Kier molecular flexibility index (Phi) is 5.32. The Hall–Kier alpha value is -3.90. The molecule has 0 saturated heterocycles. The molecular weight excluding hydrogens is 432 g/mol. The van der Waals surface area contributed by atoms with Gasteiger partial charge in [0.1, 0.15) is 0 Å². The quantitative estimate of drug-likeness (QED) is 0.290. The predicted molar refractivity (Wildman–Crippen MR) is 156 cm³/mol. The van der Waals surface area contributed by atoms with Gasteiger partial charge in [0.2, 0.25) is 0 Å². The fraction of sp³-hybridized carbons (Fsp3) is 0.167. The van der Waals surface area contributed by atoms with Gasteiger partial charge in [0, 0.05) is 0 Å². The Morgan fingerprint density at radius 1 is 0.472 bits per heavy atom. The maximum atomic E-state index is 2.51. The summed E-state index contributed by atoms with van der Waals surface area (Å²) in [6.45, 7) is 0. The molecule has 0 heteroatoms. The van der Waals surface area contributed by atoms with Crippen molar-refractivity contribution in [2.75, 3.05) is 0 Å². The molecule has 3 aliphatic carbocycles. The van der Waals surface area contributed by atoms with Gasteiger partial charge in [0.15, 0.2) is 0 Å². The van der Waals surface area contributed by atoms with E-state index in [0.29, 0.717) is 0 Å². The van der Waals surface area contributed by atoms with Crippen LogP contribution < -0.4 is 10.4 Å². The molecule has 0 spiro atoms. The second-order valence-corrected chi connectivity index (χ2v) is 10.2. The minimum atomic E-state index is 1.08. The summed E-state index contributed by atoms with van der Waals surface area (Å²) in [6.07, 6.45) is 18.9. The van der Waals surface area contributed by atoms with E-state index in [-0.39, 0.29) is 0 Å². The van der Waals surface area contributed by atoms with Gasteiger partial charge in [0.05, 0.1) is 0 Å². The van der Waals surface area contributed by atoms with E-state index < -0.39 is 0 Å². The fourth-order valence-electron chi connectivity index (χ4n) is 6.42. The highest BCUT2D eigenvalue weighted by Gasteiger charge is 2.21. The van der Waals surface area contributed by atoms with E-state index in [0.717, 1.165) is 38.5 Å². The van der Waals surface area contributed by atoms with Gasteiger partial charge in [-0.15, -0.1) is 0 Å². The summed E-state index contributed by atoms with van der Waals surface area (Å²) in [5.74, 6) is 0. The maximum Gasteiger partial charge on any atom is -0.00698 e. The van der Waals surface area contributed by atoms with Crippen molar-refractivity contribution in [1.82, 2.24) is 0 Å². The highest BCUT2D eigenvalue weighted by atomic mass is 14.2. The van der Waals surface area contributed by atoms with Crippen LogP contribution in [-0.2, 0) is 6.42 Å². The van der Waals surface area contributed by atoms with E-state index in [9.17, 15) is 0 Å². The first-order chi connectivity index (χ1) is 17.9. The number of fused-ring (bicyclic) bond motifs is 3. The van der Waals surface area contributed by atoms with Gasteiger partial charge in [-0.05, 0) is 104 Å². The minimum absolute atomic E-state index is 1.08. The average molecular weight is 463 g/mol. The molecule has 0 N–H and O–H groups in total. The molecular formula is C36H30. The van der Waals surface area contributed by atoms with E-state index in [1.54, 1.807) is 0 Å². The third-order valence-electron chi connectivity index (χ3n) is 8.14. The van der Waals surface area contributed by atoms with E-state index in [4.69, 9.17) is 0 Å². The zero-order valence-electron chi connectivity index (χ0n) is 20.6. The standard InChI is InChI=1S/C36H30/c1-2-10-25(11-3-1)27-18-21-28(22-19-27)35-31-14-6-8-16-33(31)36(34-17-9-7-15-32(34)35)30-23-20-26-12-4-5-13-29(26)24-30/h1-6,8,10-18,21,24H,7,9,19-20,22-23H2. The van der Waals surface area contributed by atoms with Crippen molar-refractivity contribution in [3.05, 3.63) is 129 Å². The normalized spacial score (nSPS) is 16.6. The lowest BCUT2D eigenvalue weighted by atomic mass is 9.80. The van der Waals surface area contributed by atoms with Crippen LogP contribution in [-0.4, -0.2) is 0 Å². The minimum Gasteiger partial charge on any atom is -0.0757 e. The molecule has 0 radical (unpaired) electrons. The molecule has 0 nitrogen and oxygen atoms in total. The highest BCUT2D eigenvalue weighted by molar-refractivity contribution is 6.04. The van der Waals surface area contributed by atoms with Crippen molar-refractivity contribution < 1.29 is 0 Å². The largest absolute Gasteiger partial charge is 0.0757 e. The van der Waals surface area contributed by atoms with Crippen molar-refractivity contribution in [2.24, 2.45) is 0 Å². The van der Waals surface area contributed by atoms with E-state index in [2.05, 4.69) is 109 Å². The molecule has 36 heavy (non-hydrogen) atoms. The predicted octanol–water partition coefficient (Wildman–Crippen LogP) is 7.94. The molecule has 0 bridgehead atoms. The topological polar surface area (TPSA) is 0 Å². The highest BCUT2D eigenvalue weighted by Crippen LogP contribution is 2.37. The monoisotopic (exact) mass is 462 g/mol. The Bertz CT molecular complexity index is 1710. The summed E-state index contributed by atoms with van der Waals surface area (Å²) in [5, 5.41) is 5.72. The van der Waals surface area contributed by atoms with Gasteiger partial charge in [-0.25, -0.2) is 0 Å². The third kappa shape index (κ3) is 3.60. The zero-order chi connectivity index (χ0) is 23.9. The second-order valence-electron chi connectivity index (χ2n) is 10.2. The maximum absolute atomic E-state index is 2.51. The van der Waals surface area contributed by atoms with E-state index >= 15 is 0 Å². The Morgan fingerprint density at radius 2 is 1.06 bits per heavy atom. The van der Waals surface area contributed by atoms with Crippen molar-refractivity contribution in [3.63, 3.8) is 0 Å². The van der Waals surface area contributed by atoms with E-state index in [1.165, 1.54) is 65.7 Å². The summed E-state index contributed by atoms with van der Waals surface area (Å²) in [6, 6.07) is 28.9. The van der Waals surface area contributed by atoms with Crippen LogP contribution >= 0.6 is 0 Å². The molecule has 4 aromatic rings. The molecule has 0 amide bonds. The molecule has 0 saturated carbocycles. The van der Waals surface area contributed by atoms with Crippen molar-refractivity contribution in [3.8, 4) is 0 Å².